The van der Waals surface area contributed by atoms with Gasteiger partial charge in [-0.25, -0.2) is 10.5 Å². The van der Waals surface area contributed by atoms with Crippen molar-refractivity contribution in [2.24, 2.45) is 0 Å². The van der Waals surface area contributed by atoms with Crippen LogP contribution in [0.1, 0.15) is 24.1 Å². The van der Waals surface area contributed by atoms with E-state index in [4.69, 9.17) is 5.21 Å². The molecule has 9 heteroatoms. The molecular weight excluding hydrogens is 413 g/mol. The lowest BCUT2D eigenvalue weighted by atomic mass is 10.0. The minimum Gasteiger partial charge on any atom is -0.365 e. The Hall–Kier alpha value is -2.19. The van der Waals surface area contributed by atoms with Crippen LogP contribution < -0.4 is 10.8 Å². The van der Waals surface area contributed by atoms with Gasteiger partial charge < -0.3 is 10.2 Å². The van der Waals surface area contributed by atoms with Crippen LogP contribution in [0.3, 0.4) is 0 Å². The van der Waals surface area contributed by atoms with Crippen molar-refractivity contribution in [1.82, 2.24) is 20.3 Å². The van der Waals surface area contributed by atoms with Crippen molar-refractivity contribution in [2.75, 3.05) is 25.0 Å². The third-order valence-electron chi connectivity index (χ3n) is 4.60. The van der Waals surface area contributed by atoms with Crippen LogP contribution in [0, 0.1) is 0 Å². The normalized spacial score (nSPS) is 16.5. The van der Waals surface area contributed by atoms with Crippen LogP contribution >= 0.6 is 24.8 Å². The van der Waals surface area contributed by atoms with Gasteiger partial charge in [-0.15, -0.1) is 24.8 Å². The van der Waals surface area contributed by atoms with E-state index in [2.05, 4.69) is 44.5 Å². The van der Waals surface area contributed by atoms with E-state index in [0.29, 0.717) is 11.7 Å². The van der Waals surface area contributed by atoms with Crippen molar-refractivity contribution in [3.05, 3.63) is 60.1 Å². The van der Waals surface area contributed by atoms with Crippen LogP contribution in [0.4, 0.5) is 5.82 Å². The van der Waals surface area contributed by atoms with Gasteiger partial charge in [0, 0.05) is 25.2 Å². The molecule has 1 atom stereocenters. The standard InChI is InChI=1S/C20H25N5O2.2ClH/c26-20(24-27)9-8-17-13-22-19(14-21-17)23-18-7-4-11-25(15-18)12-10-16-5-2-1-3-6-16;;/h1-3,5-6,8-9,13-14,18,27H,4,7,10-12,15H2,(H,22,23)(H,24,26);2*1H/b9-8+;;. The van der Waals surface area contributed by atoms with E-state index >= 15 is 0 Å². The highest BCUT2D eigenvalue weighted by atomic mass is 35.5. The summed E-state index contributed by atoms with van der Waals surface area (Å²) in [5.41, 5.74) is 3.46. The molecular formula is C20H27Cl2N5O2. The van der Waals surface area contributed by atoms with E-state index in [1.807, 2.05) is 6.07 Å². The molecule has 1 saturated heterocycles. The number of anilines is 1. The summed E-state index contributed by atoms with van der Waals surface area (Å²) in [6.45, 7) is 3.19. The van der Waals surface area contributed by atoms with E-state index in [1.54, 1.807) is 12.4 Å². The molecule has 2 aromatic rings. The maximum atomic E-state index is 11.0. The molecule has 1 aromatic carbocycles. The summed E-state index contributed by atoms with van der Waals surface area (Å²) in [7, 11) is 0. The Labute approximate surface area is 183 Å². The first-order valence-corrected chi connectivity index (χ1v) is 9.20. The number of hydrogen-bond donors (Lipinski definition) is 3. The fourth-order valence-electron chi connectivity index (χ4n) is 3.21. The molecule has 7 nitrogen and oxygen atoms in total. The van der Waals surface area contributed by atoms with Gasteiger partial charge in [0.2, 0.25) is 0 Å². The third-order valence-corrected chi connectivity index (χ3v) is 4.60. The Balaban J connectivity index is 0.00000210. The lowest BCUT2D eigenvalue weighted by molar-refractivity contribution is -0.124. The van der Waals surface area contributed by atoms with Crippen molar-refractivity contribution >= 4 is 42.6 Å². The van der Waals surface area contributed by atoms with Crippen LogP contribution in [0.2, 0.25) is 0 Å². The number of piperidine rings is 1. The van der Waals surface area contributed by atoms with Gasteiger partial charge in [0.05, 0.1) is 18.1 Å². The zero-order chi connectivity index (χ0) is 18.9. The topological polar surface area (TPSA) is 90.4 Å². The Kier molecular flexibility index (Phi) is 11.2. The number of carbonyl (C=O) groups excluding carboxylic acids is 1. The molecule has 1 aliphatic rings. The summed E-state index contributed by atoms with van der Waals surface area (Å²) in [4.78, 5) is 22.1. The fraction of sp³-hybridized carbons (Fsp3) is 0.350. The van der Waals surface area contributed by atoms with Gasteiger partial charge in [0.1, 0.15) is 5.82 Å². The van der Waals surface area contributed by atoms with Gasteiger partial charge in [-0.2, -0.15) is 0 Å². The Morgan fingerprint density at radius 2 is 2.00 bits per heavy atom. The third kappa shape index (κ3) is 8.37. The predicted octanol–water partition coefficient (Wildman–Crippen LogP) is 2.96. The molecule has 1 amide bonds. The number of rotatable bonds is 7. The predicted molar refractivity (Wildman–Crippen MR) is 119 cm³/mol. The van der Waals surface area contributed by atoms with E-state index < -0.39 is 5.91 Å². The molecule has 3 N–H and O–H groups in total. The van der Waals surface area contributed by atoms with Crippen molar-refractivity contribution in [3.63, 3.8) is 0 Å². The number of hydroxylamine groups is 1. The number of likely N-dealkylation sites (tertiary alicyclic amines) is 1. The Morgan fingerprint density at radius 3 is 2.69 bits per heavy atom. The first-order chi connectivity index (χ1) is 13.2. The van der Waals surface area contributed by atoms with Gasteiger partial charge in [-0.05, 0) is 37.4 Å². The zero-order valence-electron chi connectivity index (χ0n) is 16.0. The largest absolute Gasteiger partial charge is 0.365 e. The van der Waals surface area contributed by atoms with Crippen LogP contribution in [0.15, 0.2) is 48.8 Å². The number of nitrogens with zero attached hydrogens (tertiary/aromatic N) is 3. The van der Waals surface area contributed by atoms with Crippen molar-refractivity contribution < 1.29 is 10.0 Å². The Morgan fingerprint density at radius 1 is 1.21 bits per heavy atom. The van der Waals surface area contributed by atoms with Crippen LogP contribution in [0.5, 0.6) is 0 Å². The Bertz CT molecular complexity index is 759. The average molecular weight is 440 g/mol. The first-order valence-electron chi connectivity index (χ1n) is 9.20. The summed E-state index contributed by atoms with van der Waals surface area (Å²) in [6.07, 6.45) is 9.30. The average Bonchev–Trinajstić information content (AvgIpc) is 2.72. The summed E-state index contributed by atoms with van der Waals surface area (Å²) in [6, 6.07) is 10.9. The van der Waals surface area contributed by atoms with Crippen molar-refractivity contribution in [3.8, 4) is 0 Å². The number of hydrogen-bond acceptors (Lipinski definition) is 6. The molecule has 29 heavy (non-hydrogen) atoms. The highest BCUT2D eigenvalue weighted by Gasteiger charge is 2.19. The van der Waals surface area contributed by atoms with Gasteiger partial charge in [0.15, 0.2) is 0 Å². The molecule has 0 radical (unpaired) electrons. The van der Waals surface area contributed by atoms with E-state index in [1.165, 1.54) is 23.2 Å². The lowest BCUT2D eigenvalue weighted by Crippen LogP contribution is -2.43. The van der Waals surface area contributed by atoms with Gasteiger partial charge >= 0.3 is 0 Å². The number of nitrogens with one attached hydrogen (secondary N) is 2. The summed E-state index contributed by atoms with van der Waals surface area (Å²) < 4.78 is 0. The maximum absolute atomic E-state index is 11.0. The number of halogens is 2. The van der Waals surface area contributed by atoms with Crippen LogP contribution in [0.25, 0.3) is 6.08 Å². The minimum atomic E-state index is -0.600. The number of carbonyl (C=O) groups is 1. The van der Waals surface area contributed by atoms with Gasteiger partial charge in [-0.1, -0.05) is 30.3 Å². The number of aromatic nitrogens is 2. The molecule has 1 aliphatic heterocycles. The van der Waals surface area contributed by atoms with Gasteiger partial charge in [0.25, 0.3) is 5.91 Å². The second-order valence-corrected chi connectivity index (χ2v) is 6.66. The second kappa shape index (κ2) is 13.1. The fourth-order valence-corrected chi connectivity index (χ4v) is 3.21. The van der Waals surface area contributed by atoms with Crippen LogP contribution in [-0.4, -0.2) is 51.7 Å². The molecule has 0 spiro atoms. The van der Waals surface area contributed by atoms with E-state index in [-0.39, 0.29) is 24.8 Å². The monoisotopic (exact) mass is 439 g/mol. The minimum absolute atomic E-state index is 0. The zero-order valence-corrected chi connectivity index (χ0v) is 17.7. The molecule has 0 bridgehead atoms. The molecule has 0 saturated carbocycles. The van der Waals surface area contributed by atoms with Gasteiger partial charge in [-0.3, -0.25) is 15.0 Å². The van der Waals surface area contributed by atoms with E-state index in [0.717, 1.165) is 44.7 Å². The summed E-state index contributed by atoms with van der Waals surface area (Å²) in [5.74, 6) is 0.130. The molecule has 1 unspecified atom stereocenters. The maximum Gasteiger partial charge on any atom is 0.267 e. The number of amides is 1. The molecule has 158 valence electrons. The quantitative estimate of drug-likeness (QED) is 0.349. The number of benzene rings is 1. The van der Waals surface area contributed by atoms with E-state index in [9.17, 15) is 4.79 Å². The molecule has 0 aliphatic carbocycles. The molecule has 3 rings (SSSR count). The van der Waals surface area contributed by atoms with Crippen LogP contribution in [-0.2, 0) is 11.2 Å². The second-order valence-electron chi connectivity index (χ2n) is 6.66. The molecule has 1 aromatic heterocycles. The van der Waals surface area contributed by atoms with Crippen molar-refractivity contribution in [2.45, 2.75) is 25.3 Å². The highest BCUT2D eigenvalue weighted by Crippen LogP contribution is 2.15. The SMILES string of the molecule is Cl.Cl.O=C(/C=C/c1cnc(NC2CCCN(CCc3ccccc3)C2)cn1)NO. The summed E-state index contributed by atoms with van der Waals surface area (Å²) >= 11 is 0. The highest BCUT2D eigenvalue weighted by molar-refractivity contribution is 5.90. The smallest absolute Gasteiger partial charge is 0.267 e. The summed E-state index contributed by atoms with van der Waals surface area (Å²) in [5, 5.41) is 11.9. The molecule has 1 fully saturated rings. The van der Waals surface area contributed by atoms with Crippen molar-refractivity contribution in [1.29, 1.82) is 0 Å². The molecule has 2 heterocycles. The lowest BCUT2D eigenvalue weighted by Gasteiger charge is -2.33. The first kappa shape index (κ1) is 24.8.